The molecule has 0 saturated heterocycles. The lowest BCUT2D eigenvalue weighted by Crippen LogP contribution is -1.99. The average Bonchev–Trinajstić information content (AvgIpc) is 2.92. The summed E-state index contributed by atoms with van der Waals surface area (Å²) in [5, 5.41) is 8.60. The summed E-state index contributed by atoms with van der Waals surface area (Å²) in [6, 6.07) is 15.3. The molecule has 0 radical (unpaired) electrons. The molecule has 0 fully saturated rings. The van der Waals surface area contributed by atoms with Gasteiger partial charge in [0.05, 0.1) is 28.3 Å². The number of nitrogens with two attached hydrogens (primary N) is 1. The number of nitrogen functional groups attached to an aromatic ring is 1. The molecule has 0 amide bonds. The molecule has 2 aromatic carbocycles. The normalized spacial score (nSPS) is 10.6. The topological polar surface area (TPSA) is 56.7 Å². The van der Waals surface area contributed by atoms with E-state index >= 15 is 0 Å². The second-order valence-corrected chi connectivity index (χ2v) is 4.51. The highest BCUT2D eigenvalue weighted by Crippen LogP contribution is 2.27. The molecular formula is C14H11ClN4. The van der Waals surface area contributed by atoms with Crippen LogP contribution in [0.2, 0.25) is 5.02 Å². The molecule has 0 saturated carbocycles. The molecule has 94 valence electrons. The highest BCUT2D eigenvalue weighted by molar-refractivity contribution is 6.33. The van der Waals surface area contributed by atoms with E-state index in [1.54, 1.807) is 16.9 Å². The van der Waals surface area contributed by atoms with Crippen LogP contribution in [-0.4, -0.2) is 15.0 Å². The number of anilines is 1. The Kier molecular flexibility index (Phi) is 2.93. The first-order valence-corrected chi connectivity index (χ1v) is 6.15. The molecule has 1 aromatic heterocycles. The van der Waals surface area contributed by atoms with Crippen molar-refractivity contribution in [1.82, 2.24) is 15.0 Å². The average molecular weight is 271 g/mol. The summed E-state index contributed by atoms with van der Waals surface area (Å²) in [7, 11) is 0. The van der Waals surface area contributed by atoms with Crippen LogP contribution < -0.4 is 5.73 Å². The van der Waals surface area contributed by atoms with Crippen molar-refractivity contribution in [2.75, 3.05) is 5.73 Å². The number of rotatable bonds is 2. The van der Waals surface area contributed by atoms with Gasteiger partial charge in [-0.3, -0.25) is 0 Å². The monoisotopic (exact) mass is 270 g/mol. The van der Waals surface area contributed by atoms with E-state index in [1.165, 1.54) is 0 Å². The molecule has 5 heteroatoms. The number of halogens is 1. The largest absolute Gasteiger partial charge is 0.398 e. The van der Waals surface area contributed by atoms with E-state index in [9.17, 15) is 0 Å². The summed E-state index contributed by atoms with van der Waals surface area (Å²) in [6.07, 6.45) is 1.70. The van der Waals surface area contributed by atoms with Gasteiger partial charge >= 0.3 is 0 Å². The van der Waals surface area contributed by atoms with E-state index in [0.29, 0.717) is 10.7 Å². The summed E-state index contributed by atoms with van der Waals surface area (Å²) < 4.78 is 1.77. The molecule has 3 aromatic rings. The van der Waals surface area contributed by atoms with Crippen LogP contribution in [-0.2, 0) is 0 Å². The molecule has 3 rings (SSSR count). The van der Waals surface area contributed by atoms with E-state index in [1.807, 2.05) is 42.5 Å². The number of aromatic nitrogens is 3. The van der Waals surface area contributed by atoms with Gasteiger partial charge in [-0.15, -0.1) is 5.10 Å². The lowest BCUT2D eigenvalue weighted by molar-refractivity contribution is 0.808. The summed E-state index contributed by atoms with van der Waals surface area (Å²) >= 11 is 6.05. The van der Waals surface area contributed by atoms with Crippen molar-refractivity contribution in [3.63, 3.8) is 0 Å². The number of hydrogen-bond acceptors (Lipinski definition) is 3. The summed E-state index contributed by atoms with van der Waals surface area (Å²) in [4.78, 5) is 0. The third kappa shape index (κ3) is 2.18. The van der Waals surface area contributed by atoms with Gasteiger partial charge < -0.3 is 5.73 Å². The first kappa shape index (κ1) is 11.7. The molecule has 0 bridgehead atoms. The zero-order chi connectivity index (χ0) is 13.2. The summed E-state index contributed by atoms with van der Waals surface area (Å²) in [5.74, 6) is 0. The van der Waals surface area contributed by atoms with Crippen molar-refractivity contribution in [3.8, 4) is 16.9 Å². The van der Waals surface area contributed by atoms with Gasteiger partial charge in [-0.2, -0.15) is 0 Å². The van der Waals surface area contributed by atoms with Crippen LogP contribution in [0, 0.1) is 0 Å². The maximum absolute atomic E-state index is 6.05. The Morgan fingerprint density at radius 3 is 2.58 bits per heavy atom. The molecule has 2 N–H and O–H groups in total. The molecule has 0 aliphatic carbocycles. The van der Waals surface area contributed by atoms with Gasteiger partial charge in [0.1, 0.15) is 0 Å². The summed E-state index contributed by atoms with van der Waals surface area (Å²) in [6.45, 7) is 0. The van der Waals surface area contributed by atoms with E-state index in [-0.39, 0.29) is 0 Å². The molecule has 0 unspecified atom stereocenters. The molecule has 19 heavy (non-hydrogen) atoms. The Labute approximate surface area is 115 Å². The van der Waals surface area contributed by atoms with Gasteiger partial charge in [0.2, 0.25) is 0 Å². The van der Waals surface area contributed by atoms with E-state index in [0.717, 1.165) is 16.9 Å². The van der Waals surface area contributed by atoms with Crippen molar-refractivity contribution < 1.29 is 0 Å². The fourth-order valence-corrected chi connectivity index (χ4v) is 2.06. The smallest absolute Gasteiger partial charge is 0.0944 e. The molecule has 0 aliphatic rings. The summed E-state index contributed by atoms with van der Waals surface area (Å²) in [5.41, 5.74) is 9.02. The second-order valence-electron chi connectivity index (χ2n) is 4.10. The standard InChI is InChI=1S/C14H11ClN4/c15-12-8-10(6-7-13(12)16)14-9-17-18-19(14)11-4-2-1-3-5-11/h1-9H,16H2. The van der Waals surface area contributed by atoms with Crippen LogP contribution in [0.4, 0.5) is 5.69 Å². The first-order chi connectivity index (χ1) is 9.25. The molecule has 4 nitrogen and oxygen atoms in total. The van der Waals surface area contributed by atoms with Crippen LogP contribution in [0.1, 0.15) is 0 Å². The third-order valence-electron chi connectivity index (χ3n) is 2.85. The lowest BCUT2D eigenvalue weighted by atomic mass is 10.1. The van der Waals surface area contributed by atoms with Crippen molar-refractivity contribution in [2.24, 2.45) is 0 Å². The predicted molar refractivity (Wildman–Crippen MR) is 76.2 cm³/mol. The number of para-hydroxylation sites is 1. The Morgan fingerprint density at radius 2 is 1.84 bits per heavy atom. The Balaban J connectivity index is 2.12. The van der Waals surface area contributed by atoms with Crippen LogP contribution in [0.3, 0.4) is 0 Å². The number of hydrogen-bond donors (Lipinski definition) is 1. The van der Waals surface area contributed by atoms with Crippen molar-refractivity contribution >= 4 is 17.3 Å². The Bertz CT molecular complexity index is 706. The van der Waals surface area contributed by atoms with Gasteiger partial charge in [-0.1, -0.05) is 41.1 Å². The van der Waals surface area contributed by atoms with Crippen molar-refractivity contribution in [3.05, 3.63) is 59.8 Å². The number of benzene rings is 2. The minimum absolute atomic E-state index is 0.526. The molecule has 0 aliphatic heterocycles. The molecule has 0 atom stereocenters. The maximum atomic E-state index is 6.05. The quantitative estimate of drug-likeness (QED) is 0.728. The van der Waals surface area contributed by atoms with E-state index in [2.05, 4.69) is 10.3 Å². The lowest BCUT2D eigenvalue weighted by Gasteiger charge is -2.07. The predicted octanol–water partition coefficient (Wildman–Crippen LogP) is 3.17. The zero-order valence-electron chi connectivity index (χ0n) is 9.99. The second kappa shape index (κ2) is 4.74. The highest BCUT2D eigenvalue weighted by atomic mass is 35.5. The fourth-order valence-electron chi connectivity index (χ4n) is 1.88. The fraction of sp³-hybridized carbons (Fsp3) is 0. The Morgan fingerprint density at radius 1 is 1.05 bits per heavy atom. The van der Waals surface area contributed by atoms with Crippen molar-refractivity contribution in [2.45, 2.75) is 0 Å². The van der Waals surface area contributed by atoms with Gasteiger partial charge in [0, 0.05) is 5.56 Å². The van der Waals surface area contributed by atoms with Gasteiger partial charge in [0.15, 0.2) is 0 Å². The SMILES string of the molecule is Nc1ccc(-c2cnnn2-c2ccccc2)cc1Cl. The minimum atomic E-state index is 0.526. The van der Waals surface area contributed by atoms with E-state index < -0.39 is 0 Å². The minimum Gasteiger partial charge on any atom is -0.398 e. The molecular weight excluding hydrogens is 260 g/mol. The van der Waals surface area contributed by atoms with Crippen LogP contribution in [0.15, 0.2) is 54.7 Å². The van der Waals surface area contributed by atoms with Gasteiger partial charge in [-0.25, -0.2) is 4.68 Å². The van der Waals surface area contributed by atoms with E-state index in [4.69, 9.17) is 17.3 Å². The van der Waals surface area contributed by atoms with Crippen LogP contribution in [0.25, 0.3) is 16.9 Å². The maximum Gasteiger partial charge on any atom is 0.0944 e. The Hall–Kier alpha value is -2.33. The molecule has 1 heterocycles. The zero-order valence-corrected chi connectivity index (χ0v) is 10.7. The number of nitrogens with zero attached hydrogens (tertiary/aromatic N) is 3. The van der Waals surface area contributed by atoms with Crippen LogP contribution in [0.5, 0.6) is 0 Å². The third-order valence-corrected chi connectivity index (χ3v) is 3.17. The highest BCUT2D eigenvalue weighted by Gasteiger charge is 2.09. The molecule has 0 spiro atoms. The van der Waals surface area contributed by atoms with Gasteiger partial charge in [0.25, 0.3) is 0 Å². The first-order valence-electron chi connectivity index (χ1n) is 5.77. The van der Waals surface area contributed by atoms with Crippen LogP contribution >= 0.6 is 11.6 Å². The van der Waals surface area contributed by atoms with Gasteiger partial charge in [-0.05, 0) is 24.3 Å². The van der Waals surface area contributed by atoms with Crippen molar-refractivity contribution in [1.29, 1.82) is 0 Å².